The van der Waals surface area contributed by atoms with Crippen molar-refractivity contribution in [1.82, 2.24) is 10.2 Å². The Morgan fingerprint density at radius 1 is 1.29 bits per heavy atom. The molecule has 2 amide bonds. The van der Waals surface area contributed by atoms with E-state index in [1.807, 2.05) is 12.1 Å². The fourth-order valence-corrected chi connectivity index (χ4v) is 4.92. The van der Waals surface area contributed by atoms with Crippen LogP contribution in [-0.4, -0.2) is 35.2 Å². The van der Waals surface area contributed by atoms with Gasteiger partial charge in [-0.05, 0) is 38.8 Å². The quantitative estimate of drug-likeness (QED) is 0.680. The van der Waals surface area contributed by atoms with Gasteiger partial charge in [0.1, 0.15) is 11.3 Å². The van der Waals surface area contributed by atoms with Gasteiger partial charge in [-0.25, -0.2) is 4.79 Å². The van der Waals surface area contributed by atoms with Crippen molar-refractivity contribution in [2.75, 3.05) is 18.5 Å². The third-order valence-corrected chi connectivity index (χ3v) is 6.36. The van der Waals surface area contributed by atoms with Crippen LogP contribution in [0.3, 0.4) is 0 Å². The van der Waals surface area contributed by atoms with Crippen molar-refractivity contribution in [3.63, 3.8) is 0 Å². The molecule has 6 nitrogen and oxygen atoms in total. The predicted octanol–water partition coefficient (Wildman–Crippen LogP) is 4.58. The van der Waals surface area contributed by atoms with Gasteiger partial charge in [-0.3, -0.25) is 4.90 Å². The highest BCUT2D eigenvalue weighted by Crippen LogP contribution is 2.49. The Bertz CT molecular complexity index is 887. The number of nitrogens with one attached hydrogen (secondary N) is 2. The monoisotopic (exact) mass is 405 g/mol. The fourth-order valence-electron chi connectivity index (χ4n) is 4.66. The van der Waals surface area contributed by atoms with Gasteiger partial charge in [0.15, 0.2) is 0 Å². The zero-order valence-electron chi connectivity index (χ0n) is 16.5. The van der Waals surface area contributed by atoms with Crippen LogP contribution in [0.4, 0.5) is 10.5 Å². The van der Waals surface area contributed by atoms with Gasteiger partial charge in [-0.15, -0.1) is 0 Å². The number of amides is 2. The van der Waals surface area contributed by atoms with Gasteiger partial charge in [-0.2, -0.15) is 0 Å². The molecule has 0 saturated heterocycles. The molecule has 0 unspecified atom stereocenters. The highest BCUT2D eigenvalue weighted by Gasteiger charge is 2.43. The zero-order valence-corrected chi connectivity index (χ0v) is 17.2. The number of urea groups is 1. The third-order valence-electron chi connectivity index (χ3n) is 6.06. The molecule has 1 spiro atoms. The number of benzene rings is 1. The fraction of sp³-hybridized carbons (Fsp3) is 0.571. The van der Waals surface area contributed by atoms with E-state index in [1.54, 1.807) is 0 Å². The van der Waals surface area contributed by atoms with Crippen molar-refractivity contribution >= 4 is 34.3 Å². The van der Waals surface area contributed by atoms with Crippen molar-refractivity contribution in [3.05, 3.63) is 28.5 Å². The first-order chi connectivity index (χ1) is 13.4. The Balaban J connectivity index is 1.82. The lowest BCUT2D eigenvalue weighted by atomic mass is 9.74. The smallest absolute Gasteiger partial charge is 0.319 e. The number of furan rings is 1. The molecule has 1 saturated carbocycles. The Hall–Kier alpha value is -1.76. The van der Waals surface area contributed by atoms with Gasteiger partial charge >= 0.3 is 6.03 Å². The summed E-state index contributed by atoms with van der Waals surface area (Å²) in [5.41, 5.74) is 2.05. The molecule has 3 N–H and O–H groups in total. The molecule has 0 bridgehead atoms. The number of hydrogen-bond donors (Lipinski definition) is 3. The van der Waals surface area contributed by atoms with E-state index >= 15 is 0 Å². The SMILES string of the molecule is CC(C)N(CCO)Cc1cc2cc(Cl)c3c(c2o1)C1(CCCCC1)NC(=O)N3. The summed E-state index contributed by atoms with van der Waals surface area (Å²) in [6.45, 7) is 5.53. The van der Waals surface area contributed by atoms with Gasteiger partial charge in [0, 0.05) is 23.5 Å². The Labute approximate surface area is 170 Å². The molecule has 1 fully saturated rings. The second-order valence-corrected chi connectivity index (χ2v) is 8.66. The molecule has 2 aliphatic rings. The number of anilines is 1. The maximum Gasteiger partial charge on any atom is 0.319 e. The highest BCUT2D eigenvalue weighted by atomic mass is 35.5. The molecule has 2 aromatic rings. The van der Waals surface area contributed by atoms with Gasteiger partial charge in [0.2, 0.25) is 0 Å². The second kappa shape index (κ2) is 7.58. The number of carbonyl (C=O) groups is 1. The number of aliphatic hydroxyl groups is 1. The molecular weight excluding hydrogens is 378 g/mol. The lowest BCUT2D eigenvalue weighted by molar-refractivity contribution is 0.151. The molecule has 1 aliphatic carbocycles. The topological polar surface area (TPSA) is 77.7 Å². The van der Waals surface area contributed by atoms with Crippen LogP contribution in [0.25, 0.3) is 11.0 Å². The molecule has 152 valence electrons. The minimum absolute atomic E-state index is 0.110. The van der Waals surface area contributed by atoms with Crippen LogP contribution >= 0.6 is 11.6 Å². The Kier molecular flexibility index (Phi) is 5.29. The summed E-state index contributed by atoms with van der Waals surface area (Å²) in [4.78, 5) is 14.5. The van der Waals surface area contributed by atoms with Crippen LogP contribution in [0.15, 0.2) is 16.5 Å². The van der Waals surface area contributed by atoms with E-state index in [9.17, 15) is 9.90 Å². The normalized spacial score (nSPS) is 18.6. The lowest BCUT2D eigenvalue weighted by Crippen LogP contribution is -2.52. The molecule has 4 rings (SSSR count). The summed E-state index contributed by atoms with van der Waals surface area (Å²) in [6.07, 6.45) is 5.10. The van der Waals surface area contributed by atoms with Gasteiger partial charge in [-0.1, -0.05) is 30.9 Å². The van der Waals surface area contributed by atoms with Crippen LogP contribution < -0.4 is 10.6 Å². The largest absolute Gasteiger partial charge is 0.459 e. The lowest BCUT2D eigenvalue weighted by Gasteiger charge is -2.42. The maximum absolute atomic E-state index is 12.3. The molecule has 0 radical (unpaired) electrons. The van der Waals surface area contributed by atoms with Crippen molar-refractivity contribution in [2.45, 2.75) is 64.1 Å². The summed E-state index contributed by atoms with van der Waals surface area (Å²) in [5.74, 6) is 0.837. The number of aliphatic hydroxyl groups excluding tert-OH is 1. The molecule has 7 heteroatoms. The first kappa shape index (κ1) is 19.6. The van der Waals surface area contributed by atoms with E-state index in [1.165, 1.54) is 6.42 Å². The second-order valence-electron chi connectivity index (χ2n) is 8.25. The van der Waals surface area contributed by atoms with E-state index < -0.39 is 5.54 Å². The molecule has 2 heterocycles. The molecule has 1 aromatic carbocycles. The van der Waals surface area contributed by atoms with Gasteiger partial charge in [0.25, 0.3) is 0 Å². The molecular formula is C21H28ClN3O3. The standard InChI is InChI=1S/C21H28ClN3O3/c1-13(2)25(8-9-26)12-15-10-14-11-16(22)18-17(19(14)28-15)21(24-20(27)23-18)6-4-3-5-7-21/h10-11,13,26H,3-9,12H2,1-2H3,(H2,23,24,27). The van der Waals surface area contributed by atoms with Crippen molar-refractivity contribution < 1.29 is 14.3 Å². The summed E-state index contributed by atoms with van der Waals surface area (Å²) in [5, 5.41) is 16.9. The van der Waals surface area contributed by atoms with Crippen molar-refractivity contribution in [1.29, 1.82) is 0 Å². The van der Waals surface area contributed by atoms with Crippen molar-refractivity contribution in [2.24, 2.45) is 0 Å². The number of fused-ring (bicyclic) bond motifs is 4. The van der Waals surface area contributed by atoms with Crippen LogP contribution in [0, 0.1) is 0 Å². The maximum atomic E-state index is 12.3. The molecule has 1 aromatic heterocycles. The van der Waals surface area contributed by atoms with Crippen LogP contribution in [0.1, 0.15) is 57.3 Å². The molecule has 28 heavy (non-hydrogen) atoms. The van der Waals surface area contributed by atoms with Gasteiger partial charge in [0.05, 0.1) is 29.4 Å². The number of rotatable bonds is 5. The van der Waals surface area contributed by atoms with E-state index in [0.29, 0.717) is 29.8 Å². The third kappa shape index (κ3) is 3.38. The number of hydrogen-bond acceptors (Lipinski definition) is 4. The average molecular weight is 406 g/mol. The molecule has 1 aliphatic heterocycles. The minimum Gasteiger partial charge on any atom is -0.459 e. The van der Waals surface area contributed by atoms with E-state index in [2.05, 4.69) is 29.4 Å². The van der Waals surface area contributed by atoms with E-state index in [-0.39, 0.29) is 12.6 Å². The summed E-state index contributed by atoms with van der Waals surface area (Å²) in [7, 11) is 0. The number of carbonyl (C=O) groups excluding carboxylic acids is 1. The van der Waals surface area contributed by atoms with E-state index in [4.69, 9.17) is 16.0 Å². The van der Waals surface area contributed by atoms with E-state index in [0.717, 1.165) is 48.0 Å². The summed E-state index contributed by atoms with van der Waals surface area (Å²) in [6, 6.07) is 4.00. The van der Waals surface area contributed by atoms with Gasteiger partial charge < -0.3 is 20.2 Å². The number of nitrogens with zero attached hydrogens (tertiary/aromatic N) is 1. The molecule has 0 atom stereocenters. The number of halogens is 1. The summed E-state index contributed by atoms with van der Waals surface area (Å²) >= 11 is 6.58. The Morgan fingerprint density at radius 2 is 2.04 bits per heavy atom. The average Bonchev–Trinajstić information content (AvgIpc) is 3.03. The van der Waals surface area contributed by atoms with Crippen LogP contribution in [0.2, 0.25) is 5.02 Å². The first-order valence-corrected chi connectivity index (χ1v) is 10.5. The van der Waals surface area contributed by atoms with Crippen LogP contribution in [0.5, 0.6) is 0 Å². The first-order valence-electron chi connectivity index (χ1n) is 10.1. The minimum atomic E-state index is -0.420. The summed E-state index contributed by atoms with van der Waals surface area (Å²) < 4.78 is 6.34. The van der Waals surface area contributed by atoms with Crippen LogP contribution in [-0.2, 0) is 12.1 Å². The Morgan fingerprint density at radius 3 is 2.71 bits per heavy atom. The predicted molar refractivity (Wildman–Crippen MR) is 111 cm³/mol. The highest BCUT2D eigenvalue weighted by molar-refractivity contribution is 6.35. The van der Waals surface area contributed by atoms with Crippen molar-refractivity contribution in [3.8, 4) is 0 Å². The zero-order chi connectivity index (χ0) is 19.9.